The largest absolute Gasteiger partial charge is 0.482 e. The van der Waals surface area contributed by atoms with E-state index in [2.05, 4.69) is 36.8 Å². The minimum absolute atomic E-state index is 0.319. The van der Waals surface area contributed by atoms with Gasteiger partial charge in [-0.3, -0.25) is 10.00 Å². The van der Waals surface area contributed by atoms with E-state index in [1.807, 2.05) is 13.0 Å². The van der Waals surface area contributed by atoms with Crippen molar-refractivity contribution in [3.8, 4) is 17.7 Å². The van der Waals surface area contributed by atoms with E-state index in [4.69, 9.17) is 19.7 Å². The number of fused-ring (bicyclic) bond motifs is 1. The minimum atomic E-state index is 0.319. The van der Waals surface area contributed by atoms with E-state index >= 15 is 0 Å². The summed E-state index contributed by atoms with van der Waals surface area (Å²) in [6, 6.07) is 5.74. The molecule has 0 radical (unpaired) electrons. The Morgan fingerprint density at radius 1 is 1.26 bits per heavy atom. The summed E-state index contributed by atoms with van der Waals surface area (Å²) in [5.74, 6) is 2.80. The van der Waals surface area contributed by atoms with E-state index in [-0.39, 0.29) is 0 Å². The summed E-state index contributed by atoms with van der Waals surface area (Å²) >= 11 is 0. The molecule has 6 heterocycles. The number of rotatable bonds is 6. The zero-order valence-electron chi connectivity index (χ0n) is 17.5. The van der Waals surface area contributed by atoms with Crippen LogP contribution in [0.5, 0.6) is 11.6 Å². The molecule has 31 heavy (non-hydrogen) atoms. The van der Waals surface area contributed by atoms with Gasteiger partial charge in [0.2, 0.25) is 11.7 Å². The van der Waals surface area contributed by atoms with Crippen LogP contribution in [0.1, 0.15) is 44.2 Å². The number of anilines is 3. The van der Waals surface area contributed by atoms with Crippen LogP contribution in [0.4, 0.5) is 17.6 Å². The van der Waals surface area contributed by atoms with Gasteiger partial charge in [0.15, 0.2) is 11.6 Å². The lowest BCUT2D eigenvalue weighted by Crippen LogP contribution is -2.81. The maximum Gasteiger partial charge on any atom is 0.264 e. The third-order valence-corrected chi connectivity index (χ3v) is 7.07. The van der Waals surface area contributed by atoms with Gasteiger partial charge in [-0.05, 0) is 39.0 Å². The number of ether oxygens (including phenoxy) is 2. The van der Waals surface area contributed by atoms with Crippen LogP contribution >= 0.6 is 0 Å². The summed E-state index contributed by atoms with van der Waals surface area (Å²) in [4.78, 5) is 11.8. The number of aromatic nitrogens is 4. The molecule has 4 aliphatic rings. The zero-order chi connectivity index (χ0) is 21.0. The number of nitriles is 1. The Balaban J connectivity index is 1.19. The number of H-pyrrole nitrogens is 1. The van der Waals surface area contributed by atoms with Gasteiger partial charge in [0.25, 0.3) is 5.88 Å². The molecular formula is C21H26N8O2. The molecule has 0 saturated carbocycles. The van der Waals surface area contributed by atoms with Crippen LogP contribution in [0.25, 0.3) is 0 Å². The van der Waals surface area contributed by atoms with Crippen molar-refractivity contribution in [2.75, 3.05) is 23.8 Å². The third-order valence-electron chi connectivity index (χ3n) is 7.07. The summed E-state index contributed by atoms with van der Waals surface area (Å²) in [7, 11) is 0. The van der Waals surface area contributed by atoms with Gasteiger partial charge in [-0.2, -0.15) is 20.3 Å². The molecule has 0 amide bonds. The lowest BCUT2D eigenvalue weighted by atomic mass is 9.57. The number of hydrogen-bond acceptors (Lipinski definition) is 9. The monoisotopic (exact) mass is 422 g/mol. The number of aryl methyl sites for hydroxylation is 1. The Morgan fingerprint density at radius 2 is 2.06 bits per heavy atom. The van der Waals surface area contributed by atoms with Crippen LogP contribution in [0.3, 0.4) is 0 Å². The molecule has 2 unspecified atom stereocenters. The molecule has 2 aromatic rings. The standard InChI is InChI=1S/C21H26N8O2/c1-12-7-16(28-27-12)24-20-25-18(17-19(26-20)31-6-5-30-17)23-13-8-14-10-21(3-2-4-22)11-15(9-13)29(14)21/h7,13-15H,2-3,5-6,8-11H2,1H3,(H3,23,24,25,26,27,28)/t13?,14-,15+,21?. The van der Waals surface area contributed by atoms with E-state index < -0.39 is 0 Å². The molecule has 10 heteroatoms. The smallest absolute Gasteiger partial charge is 0.264 e. The normalized spacial score (nSPS) is 30.4. The second-order valence-electron chi connectivity index (χ2n) is 9.11. The zero-order valence-corrected chi connectivity index (χ0v) is 17.5. The van der Waals surface area contributed by atoms with E-state index in [1.54, 1.807) is 0 Å². The molecule has 3 saturated heterocycles. The van der Waals surface area contributed by atoms with Crippen molar-refractivity contribution in [2.45, 2.75) is 69.1 Å². The van der Waals surface area contributed by atoms with Crippen molar-refractivity contribution in [2.24, 2.45) is 0 Å². The second kappa shape index (κ2) is 6.99. The summed E-state index contributed by atoms with van der Waals surface area (Å²) in [5, 5.41) is 22.9. The molecule has 4 aliphatic heterocycles. The average molecular weight is 422 g/mol. The molecular weight excluding hydrogens is 396 g/mol. The van der Waals surface area contributed by atoms with Gasteiger partial charge in [-0.15, -0.1) is 0 Å². The number of aromatic amines is 1. The maximum atomic E-state index is 8.96. The highest BCUT2D eigenvalue weighted by molar-refractivity contribution is 5.62. The summed E-state index contributed by atoms with van der Waals surface area (Å²) in [5.41, 5.74) is 1.27. The van der Waals surface area contributed by atoms with Gasteiger partial charge in [0, 0.05) is 41.8 Å². The van der Waals surface area contributed by atoms with Crippen LogP contribution < -0.4 is 20.1 Å². The van der Waals surface area contributed by atoms with E-state index in [0.717, 1.165) is 25.0 Å². The predicted octanol–water partition coefficient (Wildman–Crippen LogP) is 2.49. The van der Waals surface area contributed by atoms with Crippen molar-refractivity contribution in [1.82, 2.24) is 25.1 Å². The first kappa shape index (κ1) is 18.7. The fourth-order valence-electron chi connectivity index (χ4n) is 5.99. The second-order valence-corrected chi connectivity index (χ2v) is 9.11. The fraction of sp³-hybridized carbons (Fsp3) is 0.619. The van der Waals surface area contributed by atoms with Crippen molar-refractivity contribution in [1.29, 1.82) is 5.26 Å². The average Bonchev–Trinajstić information content (AvgIpc) is 3.13. The highest BCUT2D eigenvalue weighted by Crippen LogP contribution is 2.59. The SMILES string of the molecule is Cc1cc(Nc2nc(NC3C[C@@H]4CC5(CCC#N)C[C@H](C3)N45)c3c(n2)OCCO3)n[nH]1. The Labute approximate surface area is 180 Å². The summed E-state index contributed by atoms with van der Waals surface area (Å²) in [6.45, 7) is 2.90. The van der Waals surface area contributed by atoms with Gasteiger partial charge in [0.1, 0.15) is 13.2 Å². The van der Waals surface area contributed by atoms with Crippen LogP contribution in [0, 0.1) is 18.3 Å². The number of nitrogens with zero attached hydrogens (tertiary/aromatic N) is 5. The van der Waals surface area contributed by atoms with Crippen LogP contribution in [0.15, 0.2) is 6.07 Å². The van der Waals surface area contributed by atoms with Crippen LogP contribution in [-0.4, -0.2) is 61.9 Å². The maximum absolute atomic E-state index is 8.96. The van der Waals surface area contributed by atoms with Crippen LogP contribution in [0.2, 0.25) is 0 Å². The van der Waals surface area contributed by atoms with Gasteiger partial charge in [-0.25, -0.2) is 0 Å². The molecule has 10 nitrogen and oxygen atoms in total. The Bertz CT molecular complexity index is 1030. The highest BCUT2D eigenvalue weighted by atomic mass is 16.6. The molecule has 3 fully saturated rings. The Morgan fingerprint density at radius 3 is 2.81 bits per heavy atom. The number of nitrogens with one attached hydrogen (secondary N) is 3. The third kappa shape index (κ3) is 3.07. The van der Waals surface area contributed by atoms with E-state index in [0.29, 0.717) is 72.5 Å². The Kier molecular flexibility index (Phi) is 4.21. The van der Waals surface area contributed by atoms with Gasteiger partial charge >= 0.3 is 0 Å². The first-order valence-corrected chi connectivity index (χ1v) is 11.0. The Hall–Kier alpha value is -3.06. The van der Waals surface area contributed by atoms with Gasteiger partial charge in [-0.1, -0.05) is 0 Å². The van der Waals surface area contributed by atoms with Gasteiger partial charge in [0.05, 0.1) is 6.07 Å². The summed E-state index contributed by atoms with van der Waals surface area (Å²) < 4.78 is 11.6. The fourth-order valence-corrected chi connectivity index (χ4v) is 5.99. The van der Waals surface area contributed by atoms with E-state index in [1.165, 1.54) is 12.8 Å². The molecule has 162 valence electrons. The highest BCUT2D eigenvalue weighted by Gasteiger charge is 2.64. The first-order valence-electron chi connectivity index (χ1n) is 11.0. The quantitative estimate of drug-likeness (QED) is 0.644. The molecule has 0 spiro atoms. The molecule has 0 bridgehead atoms. The van der Waals surface area contributed by atoms with Crippen molar-refractivity contribution >= 4 is 17.6 Å². The topological polar surface area (TPSA) is 124 Å². The molecule has 3 N–H and O–H groups in total. The van der Waals surface area contributed by atoms with Crippen molar-refractivity contribution in [3.05, 3.63) is 11.8 Å². The van der Waals surface area contributed by atoms with Crippen molar-refractivity contribution < 1.29 is 9.47 Å². The van der Waals surface area contributed by atoms with Gasteiger partial charge < -0.3 is 20.1 Å². The number of piperidine rings is 2. The lowest BCUT2D eigenvalue weighted by molar-refractivity contribution is -0.222. The van der Waals surface area contributed by atoms with Crippen molar-refractivity contribution in [3.63, 3.8) is 0 Å². The molecule has 6 rings (SSSR count). The number of hydrogen-bond donors (Lipinski definition) is 3. The first-order chi connectivity index (χ1) is 15.1. The molecule has 0 aromatic carbocycles. The minimum Gasteiger partial charge on any atom is -0.482 e. The predicted molar refractivity (Wildman–Crippen MR) is 113 cm³/mol. The molecule has 4 atom stereocenters. The lowest BCUT2D eigenvalue weighted by Gasteiger charge is -2.74. The molecule has 2 aromatic heterocycles. The van der Waals surface area contributed by atoms with Crippen LogP contribution in [-0.2, 0) is 0 Å². The summed E-state index contributed by atoms with van der Waals surface area (Å²) in [6.07, 6.45) is 6.23. The molecule has 0 aliphatic carbocycles. The van der Waals surface area contributed by atoms with E-state index in [9.17, 15) is 0 Å².